The van der Waals surface area contributed by atoms with E-state index in [1.54, 1.807) is 16.8 Å². The molecule has 1 atom stereocenters. The van der Waals surface area contributed by atoms with Gasteiger partial charge in [0.05, 0.1) is 24.9 Å². The van der Waals surface area contributed by atoms with Gasteiger partial charge in [0.15, 0.2) is 0 Å². The summed E-state index contributed by atoms with van der Waals surface area (Å²) in [4.78, 5) is 0. The van der Waals surface area contributed by atoms with Gasteiger partial charge < -0.3 is 15.5 Å². The van der Waals surface area contributed by atoms with Crippen LogP contribution in [0.3, 0.4) is 0 Å². The number of rotatable bonds is 7. The quantitative estimate of drug-likeness (QED) is 0.724. The number of aromatic nitrogens is 2. The van der Waals surface area contributed by atoms with Gasteiger partial charge in [-0.3, -0.25) is 4.68 Å². The zero-order chi connectivity index (χ0) is 16.1. The van der Waals surface area contributed by atoms with Crippen LogP contribution in [0.1, 0.15) is 28.6 Å². The molecule has 2 rings (SSSR count). The van der Waals surface area contributed by atoms with E-state index in [1.165, 1.54) is 12.1 Å². The second kappa shape index (κ2) is 7.49. The molecule has 1 aromatic heterocycles. The second-order valence-corrected chi connectivity index (χ2v) is 5.29. The Hall–Kier alpha value is -1.76. The van der Waals surface area contributed by atoms with Crippen molar-refractivity contribution >= 4 is 0 Å². The number of aliphatic hydroxyl groups excluding tert-OH is 2. The molecule has 0 fully saturated rings. The minimum absolute atomic E-state index is 0.0537. The van der Waals surface area contributed by atoms with Gasteiger partial charge in [-0.25, -0.2) is 4.39 Å². The molecule has 0 spiro atoms. The minimum Gasteiger partial charge on any atom is -0.394 e. The molecule has 1 aromatic carbocycles. The van der Waals surface area contributed by atoms with Gasteiger partial charge in [0, 0.05) is 24.3 Å². The molecule has 5 nitrogen and oxygen atoms in total. The van der Waals surface area contributed by atoms with Gasteiger partial charge in [0.2, 0.25) is 0 Å². The van der Waals surface area contributed by atoms with E-state index in [4.69, 9.17) is 5.11 Å². The van der Waals surface area contributed by atoms with Crippen LogP contribution in [0.15, 0.2) is 24.3 Å². The van der Waals surface area contributed by atoms with Gasteiger partial charge >= 0.3 is 0 Å². The summed E-state index contributed by atoms with van der Waals surface area (Å²) in [6.07, 6.45) is -0.686. The van der Waals surface area contributed by atoms with E-state index in [-0.39, 0.29) is 12.4 Å². The lowest BCUT2D eigenvalue weighted by atomic mass is 10.1. The van der Waals surface area contributed by atoms with E-state index >= 15 is 0 Å². The highest BCUT2D eigenvalue weighted by molar-refractivity contribution is 5.24. The monoisotopic (exact) mass is 307 g/mol. The zero-order valence-corrected chi connectivity index (χ0v) is 12.9. The standard InChI is InChI=1S/C16H22FN3O2/c1-11-15(12(2)20(19-11)7-8-21)9-18-10-16(22)13-3-5-14(17)6-4-13/h3-6,16,18,21-22H,7-10H2,1-2H3/t16-/m1/s1. The average molecular weight is 307 g/mol. The molecule has 0 aliphatic carbocycles. The molecule has 0 unspecified atom stereocenters. The summed E-state index contributed by atoms with van der Waals surface area (Å²) in [5.74, 6) is -0.313. The maximum Gasteiger partial charge on any atom is 0.123 e. The van der Waals surface area contributed by atoms with Crippen LogP contribution >= 0.6 is 0 Å². The largest absolute Gasteiger partial charge is 0.394 e. The van der Waals surface area contributed by atoms with Crippen LogP contribution in [-0.4, -0.2) is 33.1 Å². The van der Waals surface area contributed by atoms with E-state index in [9.17, 15) is 9.50 Å². The van der Waals surface area contributed by atoms with Crippen LogP contribution in [0.4, 0.5) is 4.39 Å². The molecule has 0 radical (unpaired) electrons. The number of aryl methyl sites for hydroxylation is 1. The first-order valence-electron chi connectivity index (χ1n) is 7.31. The van der Waals surface area contributed by atoms with Gasteiger partial charge in [-0.2, -0.15) is 5.10 Å². The molecule has 2 aromatic rings. The number of benzene rings is 1. The number of hydrogen-bond acceptors (Lipinski definition) is 4. The first-order chi connectivity index (χ1) is 10.5. The predicted molar refractivity (Wildman–Crippen MR) is 81.9 cm³/mol. The summed E-state index contributed by atoms with van der Waals surface area (Å²) in [6.45, 7) is 5.37. The van der Waals surface area contributed by atoms with Crippen LogP contribution in [-0.2, 0) is 13.1 Å². The van der Waals surface area contributed by atoms with E-state index < -0.39 is 6.10 Å². The van der Waals surface area contributed by atoms with Crippen LogP contribution in [0.2, 0.25) is 0 Å². The molecular formula is C16H22FN3O2. The molecule has 0 aliphatic rings. The average Bonchev–Trinajstić information content (AvgIpc) is 2.75. The fraction of sp³-hybridized carbons (Fsp3) is 0.438. The molecule has 0 aliphatic heterocycles. The third-order valence-electron chi connectivity index (χ3n) is 3.74. The van der Waals surface area contributed by atoms with Crippen molar-refractivity contribution in [2.75, 3.05) is 13.2 Å². The predicted octanol–water partition coefficient (Wildman–Crippen LogP) is 1.45. The lowest BCUT2D eigenvalue weighted by Gasteiger charge is -2.12. The van der Waals surface area contributed by atoms with E-state index in [2.05, 4.69) is 10.4 Å². The Kier molecular flexibility index (Phi) is 5.65. The first kappa shape index (κ1) is 16.6. The summed E-state index contributed by atoms with van der Waals surface area (Å²) in [5, 5.41) is 26.7. The van der Waals surface area contributed by atoms with Crippen molar-refractivity contribution in [3.05, 3.63) is 52.6 Å². The Morgan fingerprint density at radius 1 is 1.27 bits per heavy atom. The van der Waals surface area contributed by atoms with Gasteiger partial charge in [-0.1, -0.05) is 12.1 Å². The highest BCUT2D eigenvalue weighted by atomic mass is 19.1. The van der Waals surface area contributed by atoms with Crippen molar-refractivity contribution in [2.24, 2.45) is 0 Å². The smallest absolute Gasteiger partial charge is 0.123 e. The first-order valence-corrected chi connectivity index (χ1v) is 7.31. The van der Waals surface area contributed by atoms with E-state index in [0.717, 1.165) is 17.0 Å². The van der Waals surface area contributed by atoms with E-state index in [0.29, 0.717) is 25.2 Å². The van der Waals surface area contributed by atoms with Crippen molar-refractivity contribution in [1.29, 1.82) is 0 Å². The highest BCUT2D eigenvalue weighted by Gasteiger charge is 2.12. The number of nitrogens with zero attached hydrogens (tertiary/aromatic N) is 2. The zero-order valence-electron chi connectivity index (χ0n) is 12.9. The molecule has 1 heterocycles. The molecule has 120 valence electrons. The molecular weight excluding hydrogens is 285 g/mol. The van der Waals surface area contributed by atoms with Gasteiger partial charge in [0.1, 0.15) is 5.82 Å². The summed E-state index contributed by atoms with van der Waals surface area (Å²) < 4.78 is 14.6. The molecule has 22 heavy (non-hydrogen) atoms. The van der Waals surface area contributed by atoms with E-state index in [1.807, 2.05) is 13.8 Å². The van der Waals surface area contributed by atoms with Gasteiger partial charge in [0.25, 0.3) is 0 Å². The Labute approximate surface area is 129 Å². The third kappa shape index (κ3) is 3.91. The van der Waals surface area contributed by atoms with Crippen molar-refractivity contribution < 1.29 is 14.6 Å². The van der Waals surface area contributed by atoms with Crippen LogP contribution < -0.4 is 5.32 Å². The minimum atomic E-state index is -0.686. The maximum atomic E-state index is 12.9. The maximum absolute atomic E-state index is 12.9. The number of aliphatic hydroxyl groups is 2. The Morgan fingerprint density at radius 2 is 1.95 bits per heavy atom. The lowest BCUT2D eigenvalue weighted by molar-refractivity contribution is 0.174. The van der Waals surface area contributed by atoms with Crippen molar-refractivity contribution in [1.82, 2.24) is 15.1 Å². The van der Waals surface area contributed by atoms with Crippen LogP contribution in [0.5, 0.6) is 0 Å². The molecule has 0 bridgehead atoms. The summed E-state index contributed by atoms with van der Waals surface area (Å²) in [5.41, 5.74) is 3.67. The van der Waals surface area contributed by atoms with Gasteiger partial charge in [-0.15, -0.1) is 0 Å². The van der Waals surface area contributed by atoms with Crippen LogP contribution in [0, 0.1) is 19.7 Å². The third-order valence-corrected chi connectivity index (χ3v) is 3.74. The Balaban J connectivity index is 1.92. The lowest BCUT2D eigenvalue weighted by Crippen LogP contribution is -2.21. The van der Waals surface area contributed by atoms with Gasteiger partial charge in [-0.05, 0) is 31.5 Å². The fourth-order valence-electron chi connectivity index (χ4n) is 2.44. The summed E-state index contributed by atoms with van der Waals surface area (Å²) >= 11 is 0. The highest BCUT2D eigenvalue weighted by Crippen LogP contribution is 2.15. The van der Waals surface area contributed by atoms with Crippen molar-refractivity contribution in [2.45, 2.75) is 33.0 Å². The molecule has 0 saturated carbocycles. The molecule has 0 saturated heterocycles. The topological polar surface area (TPSA) is 70.3 Å². The summed E-state index contributed by atoms with van der Waals surface area (Å²) in [6, 6.07) is 5.84. The van der Waals surface area contributed by atoms with Crippen molar-refractivity contribution in [3.63, 3.8) is 0 Å². The molecule has 6 heteroatoms. The number of hydrogen-bond donors (Lipinski definition) is 3. The fourth-order valence-corrected chi connectivity index (χ4v) is 2.44. The molecule has 0 amide bonds. The molecule has 3 N–H and O–H groups in total. The Morgan fingerprint density at radius 3 is 2.59 bits per heavy atom. The second-order valence-electron chi connectivity index (χ2n) is 5.29. The number of halogens is 1. The SMILES string of the molecule is Cc1nn(CCO)c(C)c1CNC[C@@H](O)c1ccc(F)cc1. The summed E-state index contributed by atoms with van der Waals surface area (Å²) in [7, 11) is 0. The number of nitrogens with one attached hydrogen (secondary N) is 1. The van der Waals surface area contributed by atoms with Crippen molar-refractivity contribution in [3.8, 4) is 0 Å². The van der Waals surface area contributed by atoms with Crippen LogP contribution in [0.25, 0.3) is 0 Å². The normalized spacial score (nSPS) is 12.6. The Bertz CT molecular complexity index is 611.